The van der Waals surface area contributed by atoms with Crippen LogP contribution in [-0.4, -0.2) is 31.9 Å². The molecule has 0 radical (unpaired) electrons. The van der Waals surface area contributed by atoms with E-state index in [1.807, 2.05) is 6.07 Å². The van der Waals surface area contributed by atoms with Gasteiger partial charge in [-0.2, -0.15) is 0 Å². The van der Waals surface area contributed by atoms with Crippen molar-refractivity contribution in [1.29, 1.82) is 0 Å². The highest BCUT2D eigenvalue weighted by Crippen LogP contribution is 2.33. The number of esters is 2. The molecule has 0 aliphatic rings. The summed E-state index contributed by atoms with van der Waals surface area (Å²) in [5, 5.41) is 0.143. The number of carbonyl (C=O) groups excluding carboxylic acids is 3. The summed E-state index contributed by atoms with van der Waals surface area (Å²) in [6, 6.07) is 15.5. The van der Waals surface area contributed by atoms with Crippen molar-refractivity contribution in [3.05, 3.63) is 81.7 Å². The maximum atomic E-state index is 12.5. The first-order chi connectivity index (χ1) is 14.5. The number of rotatable bonds is 7. The maximum Gasteiger partial charge on any atom is 0.348 e. The number of nitrogen functional groups attached to an aromatic ring is 1. The molecule has 2 N–H and O–H groups in total. The van der Waals surface area contributed by atoms with E-state index in [1.54, 1.807) is 48.5 Å². The van der Waals surface area contributed by atoms with Crippen molar-refractivity contribution in [2.75, 3.05) is 20.0 Å². The Hall–Kier alpha value is -3.65. The normalized spacial score (nSPS) is 10.3. The van der Waals surface area contributed by atoms with Gasteiger partial charge in [-0.15, -0.1) is 11.3 Å². The summed E-state index contributed by atoms with van der Waals surface area (Å²) in [6.07, 6.45) is 0. The lowest BCUT2D eigenvalue weighted by Gasteiger charge is -2.09. The molecule has 3 rings (SSSR count). The smallest absolute Gasteiger partial charge is 0.348 e. The Bertz CT molecular complexity index is 1070. The first kappa shape index (κ1) is 21.1. The van der Waals surface area contributed by atoms with Crippen LogP contribution >= 0.6 is 11.3 Å². The zero-order valence-corrected chi connectivity index (χ0v) is 17.2. The van der Waals surface area contributed by atoms with E-state index in [2.05, 4.69) is 0 Å². The van der Waals surface area contributed by atoms with E-state index in [9.17, 15) is 14.4 Å². The van der Waals surface area contributed by atoms with Gasteiger partial charge >= 0.3 is 11.9 Å². The fourth-order valence-corrected chi connectivity index (χ4v) is 3.80. The Kier molecular flexibility index (Phi) is 6.48. The van der Waals surface area contributed by atoms with Crippen LogP contribution in [0.4, 0.5) is 5.00 Å². The zero-order valence-electron chi connectivity index (χ0n) is 16.3. The predicted octanol–water partition coefficient (Wildman–Crippen LogP) is 3.71. The molecule has 7 nitrogen and oxygen atoms in total. The van der Waals surface area contributed by atoms with E-state index in [0.717, 1.165) is 11.3 Å². The van der Waals surface area contributed by atoms with Crippen molar-refractivity contribution in [3.8, 4) is 5.75 Å². The Balaban J connectivity index is 1.81. The van der Waals surface area contributed by atoms with Gasteiger partial charge in [-0.1, -0.05) is 30.3 Å². The minimum atomic E-state index is -0.665. The third kappa shape index (κ3) is 4.33. The molecule has 0 bridgehead atoms. The summed E-state index contributed by atoms with van der Waals surface area (Å²) in [5.74, 6) is -0.935. The van der Waals surface area contributed by atoms with Crippen LogP contribution < -0.4 is 10.5 Å². The molecule has 0 spiro atoms. The SMILES string of the molecule is COC(=O)c1sc(N)c(C(=O)OC)c1COc1ccc(C(=O)c2ccccc2)cc1. The maximum absolute atomic E-state index is 12.5. The summed E-state index contributed by atoms with van der Waals surface area (Å²) in [6.45, 7) is -0.103. The molecule has 2 aromatic carbocycles. The predicted molar refractivity (Wildman–Crippen MR) is 112 cm³/mol. The second-order valence-corrected chi connectivity index (χ2v) is 7.19. The average Bonchev–Trinajstić information content (AvgIpc) is 3.13. The van der Waals surface area contributed by atoms with Crippen molar-refractivity contribution >= 4 is 34.1 Å². The van der Waals surface area contributed by atoms with E-state index in [-0.39, 0.29) is 27.8 Å². The zero-order chi connectivity index (χ0) is 21.7. The number of anilines is 1. The van der Waals surface area contributed by atoms with Crippen LogP contribution in [-0.2, 0) is 16.1 Å². The van der Waals surface area contributed by atoms with Gasteiger partial charge < -0.3 is 19.9 Å². The number of ether oxygens (including phenoxy) is 3. The van der Waals surface area contributed by atoms with E-state index in [1.165, 1.54) is 14.2 Å². The Morgan fingerprint density at radius 2 is 1.47 bits per heavy atom. The molecule has 0 saturated heterocycles. The molecule has 0 fully saturated rings. The minimum Gasteiger partial charge on any atom is -0.489 e. The summed E-state index contributed by atoms with van der Waals surface area (Å²) in [4.78, 5) is 36.8. The van der Waals surface area contributed by atoms with Gasteiger partial charge in [0.1, 0.15) is 27.8 Å². The number of hydrogen-bond acceptors (Lipinski definition) is 8. The molecule has 154 valence electrons. The van der Waals surface area contributed by atoms with Gasteiger partial charge in [0.25, 0.3) is 0 Å². The fourth-order valence-electron chi connectivity index (χ4n) is 2.82. The highest BCUT2D eigenvalue weighted by Gasteiger charge is 2.27. The molecule has 0 unspecified atom stereocenters. The number of carbonyl (C=O) groups is 3. The topological polar surface area (TPSA) is 105 Å². The van der Waals surface area contributed by atoms with Crippen molar-refractivity contribution in [2.24, 2.45) is 0 Å². The highest BCUT2D eigenvalue weighted by atomic mass is 32.1. The molecule has 30 heavy (non-hydrogen) atoms. The summed E-state index contributed by atoms with van der Waals surface area (Å²) in [7, 11) is 2.47. The van der Waals surface area contributed by atoms with Gasteiger partial charge in [0.15, 0.2) is 5.78 Å². The second kappa shape index (κ2) is 9.23. The van der Waals surface area contributed by atoms with Crippen molar-refractivity contribution in [3.63, 3.8) is 0 Å². The molecular weight excluding hydrogens is 406 g/mol. The van der Waals surface area contributed by atoms with Crippen molar-refractivity contribution < 1.29 is 28.6 Å². The minimum absolute atomic E-state index is 0.0822. The number of thiophene rings is 1. The van der Waals surface area contributed by atoms with E-state index in [0.29, 0.717) is 22.4 Å². The first-order valence-electron chi connectivity index (χ1n) is 8.86. The molecule has 1 aromatic heterocycles. The van der Waals surface area contributed by atoms with Crippen LogP contribution in [0, 0.1) is 0 Å². The summed E-state index contributed by atoms with van der Waals surface area (Å²) in [5.41, 5.74) is 7.38. The number of ketones is 1. The molecule has 0 aliphatic carbocycles. The van der Waals surface area contributed by atoms with Crippen LogP contribution in [0.25, 0.3) is 0 Å². The number of benzene rings is 2. The standard InChI is InChI=1S/C22H19NO6S/c1-27-21(25)17-16(19(22(26)28-2)30-20(17)23)12-29-15-10-8-14(9-11-15)18(24)13-6-4-3-5-7-13/h3-11H,12,23H2,1-2H3. The molecular formula is C22H19NO6S. The fraction of sp³-hybridized carbons (Fsp3) is 0.136. The van der Waals surface area contributed by atoms with Gasteiger partial charge in [-0.25, -0.2) is 9.59 Å². The summed E-state index contributed by atoms with van der Waals surface area (Å²) < 4.78 is 15.3. The molecule has 3 aromatic rings. The van der Waals surface area contributed by atoms with Crippen LogP contribution in [0.2, 0.25) is 0 Å². The van der Waals surface area contributed by atoms with Crippen molar-refractivity contribution in [2.45, 2.75) is 6.61 Å². The quantitative estimate of drug-likeness (QED) is 0.454. The van der Waals surface area contributed by atoms with Gasteiger partial charge in [-0.3, -0.25) is 4.79 Å². The molecule has 0 saturated carbocycles. The molecule has 8 heteroatoms. The Labute approximate surface area is 177 Å². The molecule has 0 atom stereocenters. The summed E-state index contributed by atoms with van der Waals surface area (Å²) >= 11 is 0.934. The average molecular weight is 425 g/mol. The second-order valence-electron chi connectivity index (χ2n) is 6.14. The van der Waals surface area contributed by atoms with Crippen LogP contribution in [0.5, 0.6) is 5.75 Å². The lowest BCUT2D eigenvalue weighted by molar-refractivity contribution is 0.0598. The number of hydrogen-bond donors (Lipinski definition) is 1. The van der Waals surface area contributed by atoms with Gasteiger partial charge in [0, 0.05) is 16.7 Å². The van der Waals surface area contributed by atoms with Gasteiger partial charge in [0.2, 0.25) is 0 Å². The molecule has 0 aliphatic heterocycles. The third-order valence-electron chi connectivity index (χ3n) is 4.33. The lowest BCUT2D eigenvalue weighted by atomic mass is 10.0. The van der Waals surface area contributed by atoms with Gasteiger partial charge in [-0.05, 0) is 24.3 Å². The largest absolute Gasteiger partial charge is 0.489 e. The van der Waals surface area contributed by atoms with E-state index >= 15 is 0 Å². The Morgan fingerprint density at radius 3 is 2.07 bits per heavy atom. The molecule has 1 heterocycles. The monoisotopic (exact) mass is 425 g/mol. The van der Waals surface area contributed by atoms with E-state index < -0.39 is 11.9 Å². The Morgan fingerprint density at radius 1 is 0.867 bits per heavy atom. The number of methoxy groups -OCH3 is 2. The highest BCUT2D eigenvalue weighted by molar-refractivity contribution is 7.18. The first-order valence-corrected chi connectivity index (χ1v) is 9.68. The van der Waals surface area contributed by atoms with E-state index in [4.69, 9.17) is 19.9 Å². The van der Waals surface area contributed by atoms with Crippen LogP contribution in [0.15, 0.2) is 54.6 Å². The van der Waals surface area contributed by atoms with Gasteiger partial charge in [0.05, 0.1) is 14.2 Å². The third-order valence-corrected chi connectivity index (χ3v) is 5.37. The van der Waals surface area contributed by atoms with Crippen molar-refractivity contribution in [1.82, 2.24) is 0 Å². The number of nitrogens with two attached hydrogens (primary N) is 1. The van der Waals surface area contributed by atoms with Crippen LogP contribution in [0.1, 0.15) is 41.5 Å². The molecule has 0 amide bonds. The van der Waals surface area contributed by atoms with Crippen LogP contribution in [0.3, 0.4) is 0 Å². The lowest BCUT2D eigenvalue weighted by Crippen LogP contribution is -2.11.